The lowest BCUT2D eigenvalue weighted by Crippen LogP contribution is -1.92. The topological polar surface area (TPSA) is 20.2 Å². The highest BCUT2D eigenvalue weighted by Crippen LogP contribution is 2.01. The van der Waals surface area contributed by atoms with E-state index in [-0.39, 0.29) is 0 Å². The van der Waals surface area contributed by atoms with Crippen LogP contribution in [0.4, 0.5) is 0 Å². The summed E-state index contributed by atoms with van der Waals surface area (Å²) in [6.45, 7) is 2.08. The summed E-state index contributed by atoms with van der Waals surface area (Å²) >= 11 is 5.28. The zero-order chi connectivity index (χ0) is 7.11. The maximum absolute atomic E-state index is 8.58. The molecule has 0 bridgehead atoms. The zero-order valence-corrected chi connectivity index (χ0v) is 6.43. The largest absolute Gasteiger partial charge is 0.378 e. The Morgan fingerprint density at radius 1 is 1.56 bits per heavy atom. The number of hydrogen-bond acceptors (Lipinski definition) is 1. The van der Waals surface area contributed by atoms with E-state index in [0.29, 0.717) is 6.42 Å². The summed E-state index contributed by atoms with van der Waals surface area (Å²) in [4.78, 5) is 0. The molecule has 0 spiro atoms. The normalized spacial score (nSPS) is 14.6. The second-order valence-electron chi connectivity index (χ2n) is 1.89. The number of allylic oxidation sites excluding steroid dienone is 2. The Balaban J connectivity index is 2.99. The smallest absolute Gasteiger partial charge is 0.128 e. The van der Waals surface area contributed by atoms with Crippen LogP contribution >= 0.6 is 11.6 Å². The lowest BCUT2D eigenvalue weighted by Gasteiger charge is -1.95. The van der Waals surface area contributed by atoms with Crippen molar-refractivity contribution >= 4 is 11.6 Å². The van der Waals surface area contributed by atoms with Gasteiger partial charge in [-0.2, -0.15) is 0 Å². The Morgan fingerprint density at radius 2 is 2.22 bits per heavy atom. The van der Waals surface area contributed by atoms with E-state index in [1.165, 1.54) is 0 Å². The highest BCUT2D eigenvalue weighted by Gasteiger charge is 1.92. The van der Waals surface area contributed by atoms with Crippen LogP contribution in [0.25, 0.3) is 0 Å². The first-order valence-electron chi connectivity index (χ1n) is 3.24. The molecule has 1 nitrogen and oxygen atoms in total. The minimum atomic E-state index is -0.675. The maximum atomic E-state index is 8.58. The second-order valence-corrected chi connectivity index (χ2v) is 2.40. The van der Waals surface area contributed by atoms with Crippen LogP contribution < -0.4 is 0 Å². The Bertz CT molecular complexity index is 79.0. The van der Waals surface area contributed by atoms with E-state index < -0.39 is 5.56 Å². The van der Waals surface area contributed by atoms with Crippen molar-refractivity contribution in [1.29, 1.82) is 0 Å². The van der Waals surface area contributed by atoms with Crippen LogP contribution in [-0.4, -0.2) is 10.7 Å². The first-order valence-corrected chi connectivity index (χ1v) is 3.68. The number of alkyl halides is 1. The van der Waals surface area contributed by atoms with Gasteiger partial charge in [-0.15, -0.1) is 0 Å². The fraction of sp³-hybridized carbons (Fsp3) is 0.714. The Hall–Kier alpha value is -0.0100. The predicted octanol–water partition coefficient (Wildman–Crippen LogP) is 2.29. The van der Waals surface area contributed by atoms with Crippen LogP contribution in [0.15, 0.2) is 12.2 Å². The molecule has 0 aromatic rings. The lowest BCUT2D eigenvalue weighted by atomic mass is 10.3. The molecule has 0 aliphatic carbocycles. The molecule has 0 radical (unpaired) electrons. The average Bonchev–Trinajstić information content (AvgIpc) is 1.80. The summed E-state index contributed by atoms with van der Waals surface area (Å²) < 4.78 is 0. The molecule has 0 aliphatic heterocycles. The molecule has 0 aliphatic rings. The molecule has 2 heteroatoms. The van der Waals surface area contributed by atoms with Crippen LogP contribution in [0.2, 0.25) is 0 Å². The monoisotopic (exact) mass is 148 g/mol. The number of aliphatic hydroxyl groups is 1. The minimum absolute atomic E-state index is 0.651. The van der Waals surface area contributed by atoms with Gasteiger partial charge in [-0.1, -0.05) is 30.7 Å². The molecular formula is C7H13ClO. The summed E-state index contributed by atoms with van der Waals surface area (Å²) in [5.74, 6) is 0. The van der Waals surface area contributed by atoms with E-state index in [1.54, 1.807) is 0 Å². The van der Waals surface area contributed by atoms with Gasteiger partial charge in [0.1, 0.15) is 5.56 Å². The van der Waals surface area contributed by atoms with E-state index in [2.05, 4.69) is 13.0 Å². The van der Waals surface area contributed by atoms with Crippen molar-refractivity contribution < 1.29 is 5.11 Å². The van der Waals surface area contributed by atoms with Gasteiger partial charge in [-0.3, -0.25) is 0 Å². The van der Waals surface area contributed by atoms with Gasteiger partial charge in [0.05, 0.1) is 0 Å². The number of hydrogen-bond donors (Lipinski definition) is 1. The molecule has 0 saturated heterocycles. The maximum Gasteiger partial charge on any atom is 0.128 e. The molecule has 0 fully saturated rings. The molecular weight excluding hydrogens is 136 g/mol. The van der Waals surface area contributed by atoms with Crippen LogP contribution in [0.3, 0.4) is 0 Å². The van der Waals surface area contributed by atoms with Crippen molar-refractivity contribution in [1.82, 2.24) is 0 Å². The van der Waals surface area contributed by atoms with Crippen LogP contribution in [0.1, 0.15) is 26.2 Å². The number of rotatable bonds is 4. The van der Waals surface area contributed by atoms with Crippen molar-refractivity contribution in [3.8, 4) is 0 Å². The van der Waals surface area contributed by atoms with Gasteiger partial charge in [-0.05, 0) is 19.3 Å². The van der Waals surface area contributed by atoms with Crippen molar-refractivity contribution in [3.63, 3.8) is 0 Å². The van der Waals surface area contributed by atoms with Gasteiger partial charge in [0.15, 0.2) is 0 Å². The molecule has 54 valence electrons. The Morgan fingerprint density at radius 3 is 2.67 bits per heavy atom. The summed E-state index contributed by atoms with van der Waals surface area (Å²) in [6.07, 6.45) is 6.68. The van der Waals surface area contributed by atoms with Gasteiger partial charge in [0.25, 0.3) is 0 Å². The molecule has 0 rings (SSSR count). The molecule has 0 aromatic carbocycles. The standard InChI is InChI=1S/C7H13ClO/c1-2-3-4-5-6-7(8)9/h3-4,7,9H,2,5-6H2,1H3/b4-3-. The van der Waals surface area contributed by atoms with Crippen molar-refractivity contribution in [2.24, 2.45) is 0 Å². The predicted molar refractivity (Wildman–Crippen MR) is 40.5 cm³/mol. The van der Waals surface area contributed by atoms with Crippen LogP contribution in [-0.2, 0) is 0 Å². The first-order chi connectivity index (χ1) is 4.27. The number of halogens is 1. The Kier molecular flexibility index (Phi) is 6.11. The molecule has 1 atom stereocenters. The second kappa shape index (κ2) is 6.12. The first kappa shape index (κ1) is 8.99. The quantitative estimate of drug-likeness (QED) is 0.479. The molecule has 9 heavy (non-hydrogen) atoms. The van der Waals surface area contributed by atoms with Crippen molar-refractivity contribution in [2.45, 2.75) is 31.7 Å². The third-order valence-electron chi connectivity index (χ3n) is 0.974. The summed E-state index contributed by atoms with van der Waals surface area (Å²) in [7, 11) is 0. The highest BCUT2D eigenvalue weighted by molar-refractivity contribution is 6.19. The SMILES string of the molecule is CC/C=C\CCC(O)Cl. The third kappa shape index (κ3) is 7.99. The third-order valence-corrected chi connectivity index (χ3v) is 1.19. The molecule has 0 aromatic heterocycles. The molecule has 0 amide bonds. The molecule has 1 unspecified atom stereocenters. The van der Waals surface area contributed by atoms with Crippen LogP contribution in [0.5, 0.6) is 0 Å². The molecule has 0 saturated carbocycles. The molecule has 0 heterocycles. The van der Waals surface area contributed by atoms with Gasteiger partial charge < -0.3 is 5.11 Å². The lowest BCUT2D eigenvalue weighted by molar-refractivity contribution is 0.247. The zero-order valence-electron chi connectivity index (χ0n) is 5.68. The molecule has 1 N–H and O–H groups in total. The summed E-state index contributed by atoms with van der Waals surface area (Å²) in [5.41, 5.74) is -0.675. The van der Waals surface area contributed by atoms with E-state index in [4.69, 9.17) is 16.7 Å². The summed E-state index contributed by atoms with van der Waals surface area (Å²) in [5, 5.41) is 8.58. The van der Waals surface area contributed by atoms with E-state index in [1.807, 2.05) is 6.08 Å². The van der Waals surface area contributed by atoms with Gasteiger partial charge in [-0.25, -0.2) is 0 Å². The van der Waals surface area contributed by atoms with Gasteiger partial charge >= 0.3 is 0 Å². The van der Waals surface area contributed by atoms with E-state index in [9.17, 15) is 0 Å². The fourth-order valence-electron chi connectivity index (χ4n) is 0.518. The van der Waals surface area contributed by atoms with Crippen molar-refractivity contribution in [2.75, 3.05) is 0 Å². The fourth-order valence-corrected chi connectivity index (χ4v) is 0.644. The highest BCUT2D eigenvalue weighted by atomic mass is 35.5. The average molecular weight is 149 g/mol. The van der Waals surface area contributed by atoms with Gasteiger partial charge in [0.2, 0.25) is 0 Å². The van der Waals surface area contributed by atoms with E-state index >= 15 is 0 Å². The van der Waals surface area contributed by atoms with Crippen molar-refractivity contribution in [3.05, 3.63) is 12.2 Å². The van der Waals surface area contributed by atoms with Gasteiger partial charge in [0, 0.05) is 0 Å². The minimum Gasteiger partial charge on any atom is -0.378 e. The number of aliphatic hydroxyl groups excluding tert-OH is 1. The summed E-state index contributed by atoms with van der Waals surface area (Å²) in [6, 6.07) is 0. The Labute approximate surface area is 61.3 Å². The van der Waals surface area contributed by atoms with Crippen LogP contribution in [0, 0.1) is 0 Å². The van der Waals surface area contributed by atoms with E-state index in [0.717, 1.165) is 12.8 Å².